The number of hydrogen-bond acceptors (Lipinski definition) is 2. The summed E-state index contributed by atoms with van der Waals surface area (Å²) < 4.78 is 0. The van der Waals surface area contributed by atoms with Crippen molar-refractivity contribution in [3.63, 3.8) is 0 Å². The number of carboxylic acid groups (broad SMARTS) is 2. The van der Waals surface area contributed by atoms with E-state index in [-0.39, 0.29) is 0 Å². The van der Waals surface area contributed by atoms with E-state index in [1.54, 1.807) is 27.7 Å². The highest BCUT2D eigenvalue weighted by atomic mass is 16.4. The molecule has 0 aliphatic carbocycles. The number of hydrogen-bond donors (Lipinski definition) is 2. The SMILES string of the molecule is Cc1cc(CCCCCC(C)(C)C(=O)O)ccc1CCCCCC(C)(C)C(=O)O. The van der Waals surface area contributed by atoms with E-state index in [4.69, 9.17) is 10.2 Å². The third-order valence-corrected chi connectivity index (χ3v) is 6.08. The molecule has 0 atom stereocenters. The van der Waals surface area contributed by atoms with Crippen LogP contribution in [-0.4, -0.2) is 22.2 Å². The van der Waals surface area contributed by atoms with Gasteiger partial charge in [-0.1, -0.05) is 43.9 Å². The van der Waals surface area contributed by atoms with Crippen LogP contribution in [0.25, 0.3) is 0 Å². The molecule has 29 heavy (non-hydrogen) atoms. The lowest BCUT2D eigenvalue weighted by Gasteiger charge is -2.18. The molecule has 0 unspecified atom stereocenters. The first-order valence-electron chi connectivity index (χ1n) is 11.0. The number of carboxylic acids is 2. The van der Waals surface area contributed by atoms with Gasteiger partial charge in [0.2, 0.25) is 0 Å². The van der Waals surface area contributed by atoms with Crippen LogP contribution in [0.2, 0.25) is 0 Å². The zero-order valence-corrected chi connectivity index (χ0v) is 19.0. The van der Waals surface area contributed by atoms with Gasteiger partial charge < -0.3 is 10.2 Å². The second-order valence-electron chi connectivity index (χ2n) is 9.76. The molecule has 1 aromatic carbocycles. The Morgan fingerprint density at radius 3 is 1.69 bits per heavy atom. The maximum atomic E-state index is 11.1. The lowest BCUT2D eigenvalue weighted by Crippen LogP contribution is -2.23. The molecule has 0 heterocycles. The minimum atomic E-state index is -0.714. The van der Waals surface area contributed by atoms with E-state index >= 15 is 0 Å². The second-order valence-corrected chi connectivity index (χ2v) is 9.76. The fourth-order valence-corrected chi connectivity index (χ4v) is 3.54. The number of benzene rings is 1. The van der Waals surface area contributed by atoms with Crippen LogP contribution in [-0.2, 0) is 22.4 Å². The summed E-state index contributed by atoms with van der Waals surface area (Å²) in [5, 5.41) is 18.3. The van der Waals surface area contributed by atoms with Crippen molar-refractivity contribution in [3.05, 3.63) is 34.9 Å². The maximum Gasteiger partial charge on any atom is 0.309 e. The molecule has 4 nitrogen and oxygen atoms in total. The predicted molar refractivity (Wildman–Crippen MR) is 118 cm³/mol. The van der Waals surface area contributed by atoms with Gasteiger partial charge in [0, 0.05) is 0 Å². The Labute approximate surface area is 176 Å². The average molecular weight is 405 g/mol. The van der Waals surface area contributed by atoms with Crippen molar-refractivity contribution in [1.82, 2.24) is 0 Å². The van der Waals surface area contributed by atoms with Crippen molar-refractivity contribution in [2.45, 2.75) is 98.8 Å². The molecule has 164 valence electrons. The molecule has 2 N–H and O–H groups in total. The monoisotopic (exact) mass is 404 g/mol. The normalized spacial score (nSPS) is 12.2. The van der Waals surface area contributed by atoms with Gasteiger partial charge in [-0.05, 0) is 89.8 Å². The van der Waals surface area contributed by atoms with Gasteiger partial charge >= 0.3 is 11.9 Å². The standard InChI is InChI=1S/C25H40O4/c1-19-18-20(12-8-6-10-16-24(2,3)22(26)27)14-15-21(19)13-9-7-11-17-25(4,5)23(28)29/h14-15,18H,6-13,16-17H2,1-5H3,(H,26,27)(H,28,29). The van der Waals surface area contributed by atoms with Crippen molar-refractivity contribution in [3.8, 4) is 0 Å². The maximum absolute atomic E-state index is 11.1. The molecule has 0 fully saturated rings. The molecule has 0 aromatic heterocycles. The smallest absolute Gasteiger partial charge is 0.309 e. The molecule has 0 bridgehead atoms. The molecule has 1 rings (SSSR count). The van der Waals surface area contributed by atoms with Crippen molar-refractivity contribution >= 4 is 11.9 Å². The predicted octanol–water partition coefficient (Wildman–Crippen LogP) is 6.42. The first-order chi connectivity index (χ1) is 13.5. The van der Waals surface area contributed by atoms with Crippen molar-refractivity contribution in [2.75, 3.05) is 0 Å². The Bertz CT molecular complexity index is 673. The van der Waals surface area contributed by atoms with Crippen molar-refractivity contribution in [1.29, 1.82) is 0 Å². The largest absolute Gasteiger partial charge is 0.481 e. The zero-order chi connectivity index (χ0) is 22.1. The molecule has 0 aliphatic rings. The molecule has 0 saturated heterocycles. The number of unbranched alkanes of at least 4 members (excludes halogenated alkanes) is 4. The van der Waals surface area contributed by atoms with Crippen LogP contribution in [0.3, 0.4) is 0 Å². The van der Waals surface area contributed by atoms with E-state index in [0.29, 0.717) is 0 Å². The number of rotatable bonds is 14. The lowest BCUT2D eigenvalue weighted by atomic mass is 9.86. The van der Waals surface area contributed by atoms with Gasteiger partial charge in [-0.25, -0.2) is 0 Å². The average Bonchev–Trinajstić information content (AvgIpc) is 2.62. The number of aliphatic carboxylic acids is 2. The fraction of sp³-hybridized carbons (Fsp3) is 0.680. The van der Waals surface area contributed by atoms with E-state index in [2.05, 4.69) is 25.1 Å². The molecule has 1 aromatic rings. The topological polar surface area (TPSA) is 74.6 Å². The molecule has 4 heteroatoms. The van der Waals surface area contributed by atoms with E-state index in [1.807, 2.05) is 0 Å². The van der Waals surface area contributed by atoms with Gasteiger partial charge in [-0.15, -0.1) is 0 Å². The fourth-order valence-electron chi connectivity index (χ4n) is 3.54. The van der Waals surface area contributed by atoms with E-state index < -0.39 is 22.8 Å². The van der Waals surface area contributed by atoms with E-state index in [0.717, 1.165) is 64.2 Å². The van der Waals surface area contributed by atoms with Gasteiger partial charge in [-0.2, -0.15) is 0 Å². The number of carbonyl (C=O) groups is 2. The van der Waals surface area contributed by atoms with Crippen LogP contribution < -0.4 is 0 Å². The van der Waals surface area contributed by atoms with Crippen LogP contribution in [0.4, 0.5) is 0 Å². The van der Waals surface area contributed by atoms with Crippen LogP contribution in [0.1, 0.15) is 95.8 Å². The number of aryl methyl sites for hydroxylation is 3. The van der Waals surface area contributed by atoms with Crippen molar-refractivity contribution in [2.24, 2.45) is 10.8 Å². The summed E-state index contributed by atoms with van der Waals surface area (Å²) >= 11 is 0. The molecule has 0 amide bonds. The highest BCUT2D eigenvalue weighted by Crippen LogP contribution is 2.25. The summed E-state index contributed by atoms with van der Waals surface area (Å²) in [7, 11) is 0. The van der Waals surface area contributed by atoms with Crippen LogP contribution in [0.15, 0.2) is 18.2 Å². The highest BCUT2D eigenvalue weighted by molar-refractivity contribution is 5.73. The quantitative estimate of drug-likeness (QED) is 0.351. The van der Waals surface area contributed by atoms with Gasteiger partial charge in [-0.3, -0.25) is 9.59 Å². The summed E-state index contributed by atoms with van der Waals surface area (Å²) in [5.41, 5.74) is 2.82. The Hall–Kier alpha value is -1.84. The van der Waals surface area contributed by atoms with Gasteiger partial charge in [0.1, 0.15) is 0 Å². The summed E-state index contributed by atoms with van der Waals surface area (Å²) in [6, 6.07) is 6.74. The molecular weight excluding hydrogens is 364 g/mol. The van der Waals surface area contributed by atoms with Gasteiger partial charge in [0.15, 0.2) is 0 Å². The first-order valence-corrected chi connectivity index (χ1v) is 11.0. The third-order valence-electron chi connectivity index (χ3n) is 6.08. The lowest BCUT2D eigenvalue weighted by molar-refractivity contribution is -0.148. The van der Waals surface area contributed by atoms with Crippen LogP contribution in [0.5, 0.6) is 0 Å². The van der Waals surface area contributed by atoms with E-state index in [9.17, 15) is 9.59 Å². The highest BCUT2D eigenvalue weighted by Gasteiger charge is 2.26. The van der Waals surface area contributed by atoms with Crippen LogP contribution >= 0.6 is 0 Å². The Balaban J connectivity index is 2.31. The zero-order valence-electron chi connectivity index (χ0n) is 19.0. The Morgan fingerprint density at radius 2 is 1.24 bits per heavy atom. The Kier molecular flexibility index (Phi) is 9.88. The minimum Gasteiger partial charge on any atom is -0.481 e. The summed E-state index contributed by atoms with van der Waals surface area (Å²) in [6.45, 7) is 9.35. The van der Waals surface area contributed by atoms with Gasteiger partial charge in [0.25, 0.3) is 0 Å². The molecule has 0 saturated carbocycles. The van der Waals surface area contributed by atoms with Gasteiger partial charge in [0.05, 0.1) is 10.8 Å². The van der Waals surface area contributed by atoms with Crippen LogP contribution in [0, 0.1) is 17.8 Å². The molecular formula is C25H40O4. The molecule has 0 radical (unpaired) electrons. The molecule has 0 aliphatic heterocycles. The second kappa shape index (κ2) is 11.4. The van der Waals surface area contributed by atoms with Crippen molar-refractivity contribution < 1.29 is 19.8 Å². The van der Waals surface area contributed by atoms with E-state index in [1.165, 1.54) is 16.7 Å². The third kappa shape index (κ3) is 9.01. The summed E-state index contributed by atoms with van der Waals surface area (Å²) in [5.74, 6) is -1.43. The minimum absolute atomic E-state index is 0.623. The summed E-state index contributed by atoms with van der Waals surface area (Å²) in [4.78, 5) is 22.3. The summed E-state index contributed by atoms with van der Waals surface area (Å²) in [6.07, 6.45) is 9.75. The molecule has 0 spiro atoms. The Morgan fingerprint density at radius 1 is 0.759 bits per heavy atom. The first kappa shape index (κ1) is 25.2.